The predicted octanol–water partition coefficient (Wildman–Crippen LogP) is 4.00. The monoisotopic (exact) mass is 306 g/mol. The predicted molar refractivity (Wildman–Crippen MR) is 83.9 cm³/mol. The molecule has 1 amide bonds. The molecule has 0 aliphatic heterocycles. The van der Waals surface area contributed by atoms with Gasteiger partial charge in [-0.25, -0.2) is 4.98 Å². The number of rotatable bonds is 4. The lowest BCUT2D eigenvalue weighted by Crippen LogP contribution is -2.24. The van der Waals surface area contributed by atoms with E-state index in [1.807, 2.05) is 37.4 Å². The van der Waals surface area contributed by atoms with Gasteiger partial charge in [0.2, 0.25) is 5.91 Å². The van der Waals surface area contributed by atoms with E-state index in [-0.39, 0.29) is 11.9 Å². The van der Waals surface area contributed by atoms with E-state index >= 15 is 0 Å². The highest BCUT2D eigenvalue weighted by molar-refractivity contribution is 7.09. The van der Waals surface area contributed by atoms with Crippen molar-refractivity contribution in [1.82, 2.24) is 10.3 Å². The minimum absolute atomic E-state index is 0.108. The summed E-state index contributed by atoms with van der Waals surface area (Å²) >= 11 is 7.59. The Labute approximate surface area is 127 Å². The van der Waals surface area contributed by atoms with Crippen molar-refractivity contribution in [2.75, 3.05) is 0 Å². The fourth-order valence-corrected chi connectivity index (χ4v) is 2.60. The molecule has 1 atom stereocenters. The number of carbonyl (C=O) groups excluding carboxylic acids is 1. The molecular weight excluding hydrogens is 292 g/mol. The summed E-state index contributed by atoms with van der Waals surface area (Å²) in [6, 6.07) is 7.28. The van der Waals surface area contributed by atoms with Gasteiger partial charge in [-0.05, 0) is 31.6 Å². The highest BCUT2D eigenvalue weighted by Gasteiger charge is 2.10. The molecule has 0 bridgehead atoms. The van der Waals surface area contributed by atoms with E-state index in [1.54, 1.807) is 23.5 Å². The van der Waals surface area contributed by atoms with E-state index in [0.717, 1.165) is 16.3 Å². The van der Waals surface area contributed by atoms with Gasteiger partial charge >= 0.3 is 0 Å². The molecule has 1 aromatic carbocycles. The third-order valence-corrected chi connectivity index (χ3v) is 3.89. The number of amides is 1. The van der Waals surface area contributed by atoms with Gasteiger partial charge in [-0.1, -0.05) is 29.8 Å². The molecule has 104 valence electrons. The van der Waals surface area contributed by atoms with Crippen LogP contribution in [-0.4, -0.2) is 10.9 Å². The second-order valence-electron chi connectivity index (χ2n) is 4.38. The number of nitrogens with zero attached hydrogens (tertiary/aromatic N) is 1. The Kier molecular flexibility index (Phi) is 4.93. The normalized spacial score (nSPS) is 12.6. The molecule has 1 N–H and O–H groups in total. The van der Waals surface area contributed by atoms with Crippen molar-refractivity contribution in [2.45, 2.75) is 19.9 Å². The maximum Gasteiger partial charge on any atom is 0.244 e. The fraction of sp³-hybridized carbons (Fsp3) is 0.200. The van der Waals surface area contributed by atoms with Gasteiger partial charge in [-0.3, -0.25) is 4.79 Å². The van der Waals surface area contributed by atoms with Crippen molar-refractivity contribution < 1.29 is 4.79 Å². The molecule has 0 aliphatic rings. The molecule has 1 unspecified atom stereocenters. The van der Waals surface area contributed by atoms with Gasteiger partial charge in [0, 0.05) is 16.5 Å². The summed E-state index contributed by atoms with van der Waals surface area (Å²) in [5, 5.41) is 6.45. The molecule has 0 saturated heterocycles. The van der Waals surface area contributed by atoms with E-state index in [1.165, 1.54) is 6.08 Å². The summed E-state index contributed by atoms with van der Waals surface area (Å²) in [4.78, 5) is 16.2. The number of hydrogen-bond acceptors (Lipinski definition) is 3. The van der Waals surface area contributed by atoms with Crippen molar-refractivity contribution in [3.05, 3.63) is 57.0 Å². The van der Waals surface area contributed by atoms with Crippen LogP contribution in [0.3, 0.4) is 0 Å². The zero-order valence-corrected chi connectivity index (χ0v) is 12.8. The van der Waals surface area contributed by atoms with E-state index in [9.17, 15) is 4.79 Å². The molecule has 2 aromatic rings. The highest BCUT2D eigenvalue weighted by Crippen LogP contribution is 2.17. The zero-order chi connectivity index (χ0) is 14.5. The number of thiazole rings is 1. The minimum atomic E-state index is -0.164. The molecule has 3 nitrogen and oxygen atoms in total. The summed E-state index contributed by atoms with van der Waals surface area (Å²) in [6.07, 6.45) is 3.19. The lowest BCUT2D eigenvalue weighted by molar-refractivity contribution is -0.117. The van der Waals surface area contributed by atoms with Gasteiger partial charge in [0.05, 0.1) is 16.7 Å². The van der Waals surface area contributed by atoms with E-state index < -0.39 is 0 Å². The van der Waals surface area contributed by atoms with Crippen molar-refractivity contribution >= 4 is 34.9 Å². The molecule has 0 radical (unpaired) electrons. The fourth-order valence-electron chi connectivity index (χ4n) is 1.69. The molecule has 1 heterocycles. The summed E-state index contributed by atoms with van der Waals surface area (Å²) in [6.45, 7) is 3.86. The molecule has 5 heteroatoms. The summed E-state index contributed by atoms with van der Waals surface area (Å²) in [7, 11) is 0. The van der Waals surface area contributed by atoms with Gasteiger partial charge < -0.3 is 5.32 Å². The molecule has 2 rings (SSSR count). The highest BCUT2D eigenvalue weighted by atomic mass is 35.5. The van der Waals surface area contributed by atoms with Crippen LogP contribution in [0.25, 0.3) is 6.08 Å². The number of carbonyl (C=O) groups is 1. The zero-order valence-electron chi connectivity index (χ0n) is 11.3. The van der Waals surface area contributed by atoms with Crippen molar-refractivity contribution in [3.8, 4) is 0 Å². The molecule has 1 aromatic heterocycles. The van der Waals surface area contributed by atoms with Gasteiger partial charge in [-0.2, -0.15) is 0 Å². The standard InChI is InChI=1S/C15H15ClN2OS/c1-10(14-9-20-11(2)18-14)17-15(19)8-7-12-5-3-4-6-13(12)16/h3-10H,1-2H3,(H,17,19)/b8-7+. The van der Waals surface area contributed by atoms with E-state index in [2.05, 4.69) is 10.3 Å². The van der Waals surface area contributed by atoms with E-state index in [0.29, 0.717) is 5.02 Å². The molecule has 20 heavy (non-hydrogen) atoms. The second-order valence-corrected chi connectivity index (χ2v) is 5.85. The Morgan fingerprint density at radius 2 is 2.20 bits per heavy atom. The molecule has 0 spiro atoms. The molecular formula is C15H15ClN2OS. The first kappa shape index (κ1) is 14.8. The van der Waals surface area contributed by atoms with Crippen LogP contribution in [0.15, 0.2) is 35.7 Å². The number of nitrogens with one attached hydrogen (secondary N) is 1. The SMILES string of the molecule is Cc1nc(C(C)NC(=O)/C=C/c2ccccc2Cl)cs1. The van der Waals surface area contributed by atoms with Crippen molar-refractivity contribution in [1.29, 1.82) is 0 Å². The van der Waals surface area contributed by atoms with Crippen LogP contribution < -0.4 is 5.32 Å². The van der Waals surface area contributed by atoms with Crippen LogP contribution >= 0.6 is 22.9 Å². The number of halogens is 1. The number of aryl methyl sites for hydroxylation is 1. The lowest BCUT2D eigenvalue weighted by atomic mass is 10.2. The van der Waals surface area contributed by atoms with Crippen LogP contribution in [0.4, 0.5) is 0 Å². The van der Waals surface area contributed by atoms with Gasteiger partial charge in [0.1, 0.15) is 0 Å². The van der Waals surface area contributed by atoms with Crippen LogP contribution in [-0.2, 0) is 4.79 Å². The Morgan fingerprint density at radius 3 is 2.85 bits per heavy atom. The van der Waals surface area contributed by atoms with Crippen LogP contribution in [0.5, 0.6) is 0 Å². The quantitative estimate of drug-likeness (QED) is 0.868. The summed E-state index contributed by atoms with van der Waals surface area (Å²) < 4.78 is 0. The van der Waals surface area contributed by atoms with Crippen LogP contribution in [0.1, 0.15) is 29.2 Å². The Balaban J connectivity index is 1.97. The summed E-state index contributed by atoms with van der Waals surface area (Å²) in [5.74, 6) is -0.164. The van der Waals surface area contributed by atoms with Gasteiger partial charge in [-0.15, -0.1) is 11.3 Å². The third kappa shape index (κ3) is 3.92. The Bertz CT molecular complexity index is 636. The topological polar surface area (TPSA) is 42.0 Å². The van der Waals surface area contributed by atoms with Crippen molar-refractivity contribution in [2.24, 2.45) is 0 Å². The van der Waals surface area contributed by atoms with Crippen LogP contribution in [0, 0.1) is 6.92 Å². The average Bonchev–Trinajstić information content (AvgIpc) is 2.84. The van der Waals surface area contributed by atoms with E-state index in [4.69, 9.17) is 11.6 Å². The first-order chi connectivity index (χ1) is 9.56. The van der Waals surface area contributed by atoms with Crippen molar-refractivity contribution in [3.63, 3.8) is 0 Å². The first-order valence-corrected chi connectivity index (χ1v) is 7.47. The number of aromatic nitrogens is 1. The number of benzene rings is 1. The van der Waals surface area contributed by atoms with Gasteiger partial charge in [0.25, 0.3) is 0 Å². The maximum absolute atomic E-state index is 11.9. The summed E-state index contributed by atoms with van der Waals surface area (Å²) in [5.41, 5.74) is 1.70. The second kappa shape index (κ2) is 6.68. The minimum Gasteiger partial charge on any atom is -0.344 e. The number of hydrogen-bond donors (Lipinski definition) is 1. The molecule has 0 fully saturated rings. The molecule has 0 aliphatic carbocycles. The largest absolute Gasteiger partial charge is 0.344 e. The van der Waals surface area contributed by atoms with Gasteiger partial charge in [0.15, 0.2) is 0 Å². The Morgan fingerprint density at radius 1 is 1.45 bits per heavy atom. The maximum atomic E-state index is 11.9. The van der Waals surface area contributed by atoms with Crippen LogP contribution in [0.2, 0.25) is 5.02 Å². The Hall–Kier alpha value is -1.65. The smallest absolute Gasteiger partial charge is 0.244 e. The third-order valence-electron chi connectivity index (χ3n) is 2.76. The molecule has 0 saturated carbocycles. The lowest BCUT2D eigenvalue weighted by Gasteiger charge is -2.09. The first-order valence-electron chi connectivity index (χ1n) is 6.21. The average molecular weight is 307 g/mol.